The quantitative estimate of drug-likeness (QED) is 0.671. The molecule has 2 unspecified atom stereocenters. The van der Waals surface area contributed by atoms with E-state index in [1.165, 1.54) is 0 Å². The highest BCUT2D eigenvalue weighted by molar-refractivity contribution is 6.74. The summed E-state index contributed by atoms with van der Waals surface area (Å²) < 4.78 is 30.4. The molecule has 0 spiro atoms. The van der Waals surface area contributed by atoms with Crippen molar-refractivity contribution in [3.05, 3.63) is 35.9 Å². The second-order valence-corrected chi connectivity index (χ2v) is 14.8. The molecule has 3 rings (SSSR count). The number of hydrogen-bond donors (Lipinski definition) is 1. The third kappa shape index (κ3) is 5.28. The fourth-order valence-electron chi connectivity index (χ4n) is 3.38. The molecule has 1 aromatic carbocycles. The van der Waals surface area contributed by atoms with Gasteiger partial charge in [0.25, 0.3) is 0 Å². The fourth-order valence-corrected chi connectivity index (χ4v) is 4.40. The lowest BCUT2D eigenvalue weighted by Crippen LogP contribution is -2.48. The van der Waals surface area contributed by atoms with Crippen LogP contribution in [0.2, 0.25) is 18.1 Å². The van der Waals surface area contributed by atoms with Gasteiger partial charge in [0.05, 0.1) is 13.2 Å². The summed E-state index contributed by atoms with van der Waals surface area (Å²) in [4.78, 5) is 0. The molecule has 2 aliphatic heterocycles. The van der Waals surface area contributed by atoms with Crippen LogP contribution in [-0.2, 0) is 30.0 Å². The van der Waals surface area contributed by atoms with Crippen LogP contribution in [0.5, 0.6) is 0 Å². The first-order valence-corrected chi connectivity index (χ1v) is 13.3. The second-order valence-electron chi connectivity index (χ2n) is 9.97. The van der Waals surface area contributed by atoms with Crippen LogP contribution in [0.3, 0.4) is 0 Å². The van der Waals surface area contributed by atoms with E-state index in [0.717, 1.165) is 5.56 Å². The molecule has 0 aliphatic carbocycles. The second kappa shape index (κ2) is 8.38. The van der Waals surface area contributed by atoms with Crippen molar-refractivity contribution in [2.75, 3.05) is 6.61 Å². The summed E-state index contributed by atoms with van der Waals surface area (Å²) in [7, 11) is -1.98. The maximum absolute atomic E-state index is 10.9. The van der Waals surface area contributed by atoms with Gasteiger partial charge >= 0.3 is 0 Å². The van der Waals surface area contributed by atoms with Gasteiger partial charge in [0, 0.05) is 0 Å². The minimum Gasteiger partial charge on any atom is -0.414 e. The van der Waals surface area contributed by atoms with Crippen LogP contribution in [0.1, 0.15) is 40.2 Å². The Bertz CT molecular complexity index is 672. The summed E-state index contributed by atoms with van der Waals surface area (Å²) in [6.07, 6.45) is -2.79. The summed E-state index contributed by atoms with van der Waals surface area (Å²) in [5.41, 5.74) is 1.06. The Morgan fingerprint density at radius 3 is 2.41 bits per heavy atom. The van der Waals surface area contributed by atoms with E-state index < -0.39 is 38.7 Å². The van der Waals surface area contributed by atoms with Gasteiger partial charge in [0.2, 0.25) is 0 Å². The van der Waals surface area contributed by atoms with Crippen molar-refractivity contribution in [2.45, 2.75) is 95.9 Å². The molecule has 0 amide bonds. The first-order chi connectivity index (χ1) is 13.4. The summed E-state index contributed by atoms with van der Waals surface area (Å²) in [5, 5.41) is 11.0. The number of benzene rings is 1. The molecule has 6 nitrogen and oxygen atoms in total. The third-order valence-electron chi connectivity index (χ3n) is 6.11. The van der Waals surface area contributed by atoms with E-state index in [0.29, 0.717) is 6.61 Å². The fraction of sp³-hybridized carbons (Fsp3) is 0.727. The summed E-state index contributed by atoms with van der Waals surface area (Å²) in [6.45, 7) is 15.2. The first-order valence-electron chi connectivity index (χ1n) is 10.4. The van der Waals surface area contributed by atoms with Crippen molar-refractivity contribution < 1.29 is 28.5 Å². The van der Waals surface area contributed by atoms with Crippen molar-refractivity contribution in [2.24, 2.45) is 0 Å². The highest BCUT2D eigenvalue weighted by Gasteiger charge is 2.57. The van der Waals surface area contributed by atoms with E-state index in [4.69, 9.17) is 23.4 Å². The SMILES string of the molecule is CC1(C)OC2[C@H](O[C@H](C(O)CO[Si](C)(C)C(C)(C)C)[C@H]2OCc2ccccc2)O1. The maximum atomic E-state index is 10.9. The molecule has 2 saturated heterocycles. The van der Waals surface area contributed by atoms with Gasteiger partial charge in [-0.3, -0.25) is 0 Å². The third-order valence-corrected chi connectivity index (χ3v) is 10.6. The van der Waals surface area contributed by atoms with Gasteiger partial charge in [0.15, 0.2) is 20.4 Å². The zero-order chi connectivity index (χ0) is 21.4. The molecule has 0 aromatic heterocycles. The number of hydrogen-bond acceptors (Lipinski definition) is 6. The van der Waals surface area contributed by atoms with E-state index in [1.54, 1.807) is 0 Å². The molecule has 1 aromatic rings. The highest BCUT2D eigenvalue weighted by Crippen LogP contribution is 2.41. The molecule has 0 bridgehead atoms. The van der Waals surface area contributed by atoms with Gasteiger partial charge in [-0.05, 0) is 37.5 Å². The van der Waals surface area contributed by atoms with Crippen molar-refractivity contribution in [3.8, 4) is 0 Å². The molecule has 1 N–H and O–H groups in total. The van der Waals surface area contributed by atoms with Crippen molar-refractivity contribution >= 4 is 8.32 Å². The molecule has 5 atom stereocenters. The highest BCUT2D eigenvalue weighted by atomic mass is 28.4. The lowest BCUT2D eigenvalue weighted by Gasteiger charge is -2.37. The van der Waals surface area contributed by atoms with Gasteiger partial charge in [-0.15, -0.1) is 0 Å². The molecule has 0 saturated carbocycles. The van der Waals surface area contributed by atoms with Crippen LogP contribution in [0.15, 0.2) is 30.3 Å². The van der Waals surface area contributed by atoms with E-state index in [-0.39, 0.29) is 17.7 Å². The van der Waals surface area contributed by atoms with Gasteiger partial charge in [-0.2, -0.15) is 0 Å². The van der Waals surface area contributed by atoms with Crippen LogP contribution in [0.25, 0.3) is 0 Å². The summed E-state index contributed by atoms with van der Waals surface area (Å²) in [5.74, 6) is -0.739. The van der Waals surface area contributed by atoms with Gasteiger partial charge in [-0.25, -0.2) is 0 Å². The summed E-state index contributed by atoms with van der Waals surface area (Å²) in [6, 6.07) is 9.94. The predicted octanol–water partition coefficient (Wildman–Crippen LogP) is 3.83. The summed E-state index contributed by atoms with van der Waals surface area (Å²) >= 11 is 0. The molecule has 2 heterocycles. The number of ether oxygens (including phenoxy) is 4. The average Bonchev–Trinajstić information content (AvgIpc) is 3.09. The molecule has 7 heteroatoms. The molecule has 29 heavy (non-hydrogen) atoms. The van der Waals surface area contributed by atoms with E-state index in [2.05, 4.69) is 33.9 Å². The molecule has 164 valence electrons. The number of aliphatic hydroxyl groups excluding tert-OH is 1. The zero-order valence-electron chi connectivity index (χ0n) is 18.7. The van der Waals surface area contributed by atoms with Gasteiger partial charge < -0.3 is 28.5 Å². The topological polar surface area (TPSA) is 66.4 Å². The Balaban J connectivity index is 1.68. The molecule has 2 aliphatic rings. The lowest BCUT2D eigenvalue weighted by molar-refractivity contribution is -0.231. The van der Waals surface area contributed by atoms with Crippen LogP contribution in [0.4, 0.5) is 0 Å². The average molecular weight is 425 g/mol. The minimum absolute atomic E-state index is 0.0687. The van der Waals surface area contributed by atoms with E-state index in [1.807, 2.05) is 44.2 Å². The maximum Gasteiger partial charge on any atom is 0.192 e. The standard InChI is InChI=1S/C22H36O6Si/c1-21(2,3)29(6,7)25-14-16(23)17-18(24-13-15-11-9-8-10-12-15)19-20(26-17)28-22(4,5)27-19/h8-12,16-20,23H,13-14H2,1-7H3/t16?,17-,18-,19?,20-/m1/s1. The molecule has 0 radical (unpaired) electrons. The first kappa shape index (κ1) is 22.9. The monoisotopic (exact) mass is 424 g/mol. The number of fused-ring (bicyclic) bond motifs is 1. The van der Waals surface area contributed by atoms with Crippen LogP contribution in [0, 0.1) is 0 Å². The Morgan fingerprint density at radius 2 is 1.79 bits per heavy atom. The van der Waals surface area contributed by atoms with Crippen molar-refractivity contribution in [3.63, 3.8) is 0 Å². The largest absolute Gasteiger partial charge is 0.414 e. The molecular weight excluding hydrogens is 388 g/mol. The predicted molar refractivity (Wildman–Crippen MR) is 113 cm³/mol. The van der Waals surface area contributed by atoms with Crippen LogP contribution >= 0.6 is 0 Å². The minimum atomic E-state index is -1.98. The smallest absolute Gasteiger partial charge is 0.192 e. The molecule has 2 fully saturated rings. The van der Waals surface area contributed by atoms with E-state index >= 15 is 0 Å². The van der Waals surface area contributed by atoms with E-state index in [9.17, 15) is 5.11 Å². The normalized spacial score (nSPS) is 30.3. The Morgan fingerprint density at radius 1 is 1.14 bits per heavy atom. The Labute approximate surface area is 175 Å². The molecular formula is C22H36O6Si. The Kier molecular flexibility index (Phi) is 6.61. The van der Waals surface area contributed by atoms with Gasteiger partial charge in [-0.1, -0.05) is 51.1 Å². The lowest BCUT2D eigenvalue weighted by atomic mass is 10.1. The van der Waals surface area contributed by atoms with Gasteiger partial charge in [0.1, 0.15) is 24.4 Å². The number of rotatable bonds is 7. The van der Waals surface area contributed by atoms with Crippen LogP contribution in [-0.4, -0.2) is 56.5 Å². The Hall–Kier alpha value is -0.803. The van der Waals surface area contributed by atoms with Crippen molar-refractivity contribution in [1.82, 2.24) is 0 Å². The van der Waals surface area contributed by atoms with Crippen LogP contribution < -0.4 is 0 Å². The van der Waals surface area contributed by atoms with Crippen molar-refractivity contribution in [1.29, 1.82) is 0 Å². The zero-order valence-corrected chi connectivity index (χ0v) is 19.7. The number of aliphatic hydroxyl groups is 1.